The number of nitrogens with two attached hydrogens (primary N) is 1. The number of nitrogens with zero attached hydrogens (tertiary/aromatic N) is 2. The molecule has 0 aliphatic carbocycles. The average molecular weight is 1080 g/mol. The molecule has 73 heavy (non-hydrogen) atoms. The number of ether oxygens (including phenoxy) is 3. The van der Waals surface area contributed by atoms with Crippen LogP contribution in [0.25, 0.3) is 0 Å². The van der Waals surface area contributed by atoms with Crippen LogP contribution in [-0.2, 0) is 46.3 Å². The van der Waals surface area contributed by atoms with Gasteiger partial charge in [0.25, 0.3) is 0 Å². The van der Waals surface area contributed by atoms with Crippen molar-refractivity contribution in [3.05, 3.63) is 83.5 Å². The molecule has 21 nitrogen and oxygen atoms in total. The Hall–Kier alpha value is -3.66. The Morgan fingerprint density at radius 1 is 0.740 bits per heavy atom. The SMILES string of the molecule is CCCCCC/C=C\CCCCCCCCCC(=O)O[C@H](COC(=O)CCC[C@@H](O)[C@H](O)/C=C/C=C/C=C\C=C\[C@H](O)CCCCC)COP(=O)(O)OP(=O)(O)OC[C@H]1O[C@@H](n2ccc(N)nc2=O)[C@H](O)[C@@H]1O. The lowest BCUT2D eigenvalue weighted by molar-refractivity contribution is -0.161. The van der Waals surface area contributed by atoms with E-state index in [0.29, 0.717) is 12.8 Å². The first-order chi connectivity index (χ1) is 34.9. The van der Waals surface area contributed by atoms with E-state index in [4.69, 9.17) is 29.0 Å². The zero-order valence-corrected chi connectivity index (χ0v) is 44.3. The normalized spacial score (nSPS) is 20.8. The molecule has 0 bridgehead atoms. The van der Waals surface area contributed by atoms with E-state index < -0.39 is 102 Å². The maximum Gasteiger partial charge on any atom is 0.481 e. The van der Waals surface area contributed by atoms with Crippen molar-refractivity contribution in [1.29, 1.82) is 0 Å². The lowest BCUT2D eigenvalue weighted by atomic mass is 10.1. The van der Waals surface area contributed by atoms with Gasteiger partial charge in [0.15, 0.2) is 12.3 Å². The van der Waals surface area contributed by atoms with Gasteiger partial charge in [0.05, 0.1) is 31.5 Å². The van der Waals surface area contributed by atoms with E-state index in [2.05, 4.69) is 35.3 Å². The van der Waals surface area contributed by atoms with Gasteiger partial charge in [0, 0.05) is 19.0 Å². The van der Waals surface area contributed by atoms with Crippen LogP contribution in [0.4, 0.5) is 5.82 Å². The maximum absolute atomic E-state index is 12.9. The van der Waals surface area contributed by atoms with Gasteiger partial charge < -0.3 is 55.3 Å². The van der Waals surface area contributed by atoms with Crippen LogP contribution in [0.2, 0.25) is 0 Å². The monoisotopic (exact) mass is 1080 g/mol. The number of carbonyl (C=O) groups is 2. The Morgan fingerprint density at radius 3 is 1.97 bits per heavy atom. The third-order valence-electron chi connectivity index (χ3n) is 11.4. The third kappa shape index (κ3) is 30.5. The van der Waals surface area contributed by atoms with Crippen molar-refractivity contribution < 1.29 is 81.6 Å². The third-order valence-corrected chi connectivity index (χ3v) is 14.0. The number of phosphoric acid groups is 2. The molecule has 416 valence electrons. The van der Waals surface area contributed by atoms with Crippen molar-refractivity contribution >= 4 is 33.4 Å². The molecule has 10 atom stereocenters. The summed E-state index contributed by atoms with van der Waals surface area (Å²) in [5.41, 5.74) is 4.55. The molecule has 0 amide bonds. The first-order valence-corrected chi connectivity index (χ1v) is 28.6. The van der Waals surface area contributed by atoms with Crippen LogP contribution < -0.4 is 11.4 Å². The molecule has 2 unspecified atom stereocenters. The Kier molecular flexibility index (Phi) is 34.0. The van der Waals surface area contributed by atoms with Crippen LogP contribution in [0.15, 0.2) is 77.8 Å². The van der Waals surface area contributed by atoms with Crippen molar-refractivity contribution in [3.8, 4) is 0 Å². The van der Waals surface area contributed by atoms with E-state index in [0.717, 1.165) is 81.4 Å². The molecule has 0 aromatic carbocycles. The molecule has 1 aliphatic heterocycles. The number of aromatic nitrogens is 2. The Bertz CT molecular complexity index is 2010. The largest absolute Gasteiger partial charge is 0.481 e. The molecule has 2 heterocycles. The van der Waals surface area contributed by atoms with Crippen LogP contribution in [0.3, 0.4) is 0 Å². The van der Waals surface area contributed by atoms with Crippen molar-refractivity contribution in [2.24, 2.45) is 0 Å². The minimum absolute atomic E-state index is 0.00906. The lowest BCUT2D eigenvalue weighted by Crippen LogP contribution is -2.36. The van der Waals surface area contributed by atoms with Crippen molar-refractivity contribution in [1.82, 2.24) is 9.55 Å². The quantitative estimate of drug-likeness (QED) is 0.0105. The van der Waals surface area contributed by atoms with E-state index in [1.54, 1.807) is 42.5 Å². The molecule has 1 aliphatic rings. The topological polar surface area (TPSA) is 326 Å². The Labute approximate surface area is 430 Å². The molecule has 0 spiro atoms. The molecular formula is C50H83N3O18P2. The Balaban J connectivity index is 1.89. The molecule has 0 saturated carbocycles. The maximum atomic E-state index is 12.9. The fourth-order valence-electron chi connectivity index (χ4n) is 7.28. The Morgan fingerprint density at radius 2 is 1.32 bits per heavy atom. The summed E-state index contributed by atoms with van der Waals surface area (Å²) in [6, 6.07) is 1.23. The predicted molar refractivity (Wildman–Crippen MR) is 274 cm³/mol. The molecule has 1 saturated heterocycles. The predicted octanol–water partition coefficient (Wildman–Crippen LogP) is 7.25. The van der Waals surface area contributed by atoms with Gasteiger partial charge in [-0.1, -0.05) is 145 Å². The highest BCUT2D eigenvalue weighted by Gasteiger charge is 2.46. The highest BCUT2D eigenvalue weighted by Crippen LogP contribution is 2.60. The van der Waals surface area contributed by atoms with Crippen LogP contribution in [0.5, 0.6) is 0 Å². The minimum atomic E-state index is -5.50. The number of aliphatic hydroxyl groups excluding tert-OH is 5. The van der Waals surface area contributed by atoms with Crippen molar-refractivity contribution in [2.45, 2.75) is 198 Å². The van der Waals surface area contributed by atoms with Gasteiger partial charge in [-0.2, -0.15) is 9.29 Å². The molecular weight excluding hydrogens is 993 g/mol. The molecule has 1 aromatic heterocycles. The second kappa shape index (κ2) is 38.0. The number of anilines is 1. The number of nitrogen functional groups attached to an aromatic ring is 1. The number of carbonyl (C=O) groups excluding carboxylic acids is 2. The number of allylic oxidation sites excluding steroid dienone is 8. The summed E-state index contributed by atoms with van der Waals surface area (Å²) in [7, 11) is -11.0. The van der Waals surface area contributed by atoms with Crippen LogP contribution >= 0.6 is 15.6 Å². The van der Waals surface area contributed by atoms with Gasteiger partial charge in [-0.25, -0.2) is 13.9 Å². The zero-order chi connectivity index (χ0) is 53.9. The summed E-state index contributed by atoms with van der Waals surface area (Å²) in [5, 5.41) is 51.6. The smallest absolute Gasteiger partial charge is 0.462 e. The molecule has 0 radical (unpaired) electrons. The van der Waals surface area contributed by atoms with Crippen molar-refractivity contribution in [3.63, 3.8) is 0 Å². The van der Waals surface area contributed by atoms with Gasteiger partial charge in [-0.15, -0.1) is 0 Å². The fraction of sp³-hybridized carbons (Fsp3) is 0.680. The van der Waals surface area contributed by atoms with E-state index >= 15 is 0 Å². The molecule has 2 rings (SSSR count). The van der Waals surface area contributed by atoms with E-state index in [9.17, 15) is 58.8 Å². The highest BCUT2D eigenvalue weighted by atomic mass is 31.3. The summed E-state index contributed by atoms with van der Waals surface area (Å²) in [4.78, 5) is 61.9. The number of rotatable bonds is 41. The fourth-order valence-corrected chi connectivity index (χ4v) is 9.39. The second-order valence-electron chi connectivity index (χ2n) is 17.9. The van der Waals surface area contributed by atoms with Crippen LogP contribution in [0.1, 0.15) is 155 Å². The summed E-state index contributed by atoms with van der Waals surface area (Å²) in [5.74, 6) is -1.65. The van der Waals surface area contributed by atoms with Crippen LogP contribution in [0, 0.1) is 0 Å². The van der Waals surface area contributed by atoms with Gasteiger partial charge in [-0.3, -0.25) is 23.2 Å². The number of unbranched alkanes of at least 4 members (excludes halogenated alkanes) is 13. The lowest BCUT2D eigenvalue weighted by Gasteiger charge is -2.21. The van der Waals surface area contributed by atoms with E-state index in [1.165, 1.54) is 37.8 Å². The summed E-state index contributed by atoms with van der Waals surface area (Å²) in [6.07, 6.45) is 25.1. The first-order valence-electron chi connectivity index (χ1n) is 25.6. The van der Waals surface area contributed by atoms with E-state index in [-0.39, 0.29) is 31.5 Å². The summed E-state index contributed by atoms with van der Waals surface area (Å²) >= 11 is 0. The summed E-state index contributed by atoms with van der Waals surface area (Å²) < 4.78 is 56.5. The molecule has 1 fully saturated rings. The average Bonchev–Trinajstić information content (AvgIpc) is 3.62. The van der Waals surface area contributed by atoms with Crippen LogP contribution in [-0.4, -0.2) is 119 Å². The molecule has 23 heteroatoms. The van der Waals surface area contributed by atoms with Gasteiger partial charge in [0.2, 0.25) is 0 Å². The van der Waals surface area contributed by atoms with E-state index in [1.807, 2.05) is 0 Å². The van der Waals surface area contributed by atoms with Gasteiger partial charge in [-0.05, 0) is 57.4 Å². The number of aliphatic hydroxyl groups is 5. The van der Waals surface area contributed by atoms with Gasteiger partial charge in [0.1, 0.15) is 30.7 Å². The number of phosphoric ester groups is 2. The van der Waals surface area contributed by atoms with Gasteiger partial charge >= 0.3 is 33.3 Å². The molecule has 1 aromatic rings. The standard InChI is InChI=1S/C50H83N3O18P2/c1-3-5-7-8-9-10-11-12-13-14-15-16-17-22-26-32-46(58)69-40(36-66-45(57)33-27-31-42(56)41(55)30-25-21-19-18-20-24-29-39(54)28-23-6-4-2)37-67-72(62,63)71-73(64,65)68-38-43-47(59)48(60)49(70-43)53-35-34-44(51)52-50(53)61/h10-11,18-21,24-25,29-30,34-35,39-43,47-49,54-56,59-60H,3-9,12-17,22-23,26-28,31-33,36-38H2,1-2H3,(H,62,63)(H,64,65)(H2,51,52,61)/b11-10-,20-18-,21-19+,29-24+,30-25+/t39-,40-,41-,42-,43-,47-,48-,49-/m1/s1. The number of hydrogen-bond acceptors (Lipinski definition) is 18. The summed E-state index contributed by atoms with van der Waals surface area (Å²) in [6.45, 7) is 1.69. The number of esters is 2. The minimum Gasteiger partial charge on any atom is -0.462 e. The zero-order valence-electron chi connectivity index (χ0n) is 42.5. The molecule has 9 N–H and O–H groups in total. The highest BCUT2D eigenvalue weighted by molar-refractivity contribution is 7.61. The second-order valence-corrected chi connectivity index (χ2v) is 20.9. The number of hydrogen-bond donors (Lipinski definition) is 8. The van der Waals surface area contributed by atoms with Crippen molar-refractivity contribution in [2.75, 3.05) is 25.6 Å². The first kappa shape index (κ1) is 65.5.